The summed E-state index contributed by atoms with van der Waals surface area (Å²) in [6.45, 7) is 0. The van der Waals surface area contributed by atoms with E-state index >= 15 is 0 Å². The number of thioether (sulfide) groups is 1. The molecule has 0 saturated heterocycles. The fraction of sp³-hybridized carbons (Fsp3) is 0.0370. The van der Waals surface area contributed by atoms with Gasteiger partial charge in [0.1, 0.15) is 11.1 Å². The summed E-state index contributed by atoms with van der Waals surface area (Å²) in [4.78, 5) is 26.6. The van der Waals surface area contributed by atoms with Gasteiger partial charge in [-0.3, -0.25) is 9.59 Å². The van der Waals surface area contributed by atoms with Crippen LogP contribution in [0.2, 0.25) is 0 Å². The van der Waals surface area contributed by atoms with Gasteiger partial charge in [-0.15, -0.1) is 11.8 Å². The van der Waals surface area contributed by atoms with E-state index in [1.165, 1.54) is 36.0 Å². The molecule has 0 aliphatic carbocycles. The van der Waals surface area contributed by atoms with Crippen LogP contribution in [0.15, 0.2) is 112 Å². The van der Waals surface area contributed by atoms with Gasteiger partial charge >= 0.3 is 0 Å². The SMILES string of the molecule is O=C(Nc1cccc(SC(C(=O)Nc2ccc(Br)cc2)c2ccccc2)c1)c1ccc(F)cc1. The van der Waals surface area contributed by atoms with Crippen LogP contribution >= 0.6 is 27.7 Å². The van der Waals surface area contributed by atoms with Crippen molar-refractivity contribution in [3.05, 3.63) is 125 Å². The van der Waals surface area contributed by atoms with E-state index in [0.717, 1.165) is 14.9 Å². The van der Waals surface area contributed by atoms with E-state index in [0.29, 0.717) is 16.9 Å². The Bertz CT molecular complexity index is 1280. The first-order chi connectivity index (χ1) is 16.5. The molecule has 0 aliphatic rings. The summed E-state index contributed by atoms with van der Waals surface area (Å²) in [7, 11) is 0. The molecule has 1 atom stereocenters. The third-order valence-corrected chi connectivity index (χ3v) is 6.68. The Kier molecular flexibility index (Phi) is 7.77. The van der Waals surface area contributed by atoms with Gasteiger partial charge in [0.15, 0.2) is 0 Å². The Hall–Kier alpha value is -3.42. The first-order valence-corrected chi connectivity index (χ1v) is 12.1. The summed E-state index contributed by atoms with van der Waals surface area (Å²) in [6.07, 6.45) is 0. The maximum Gasteiger partial charge on any atom is 0.255 e. The van der Waals surface area contributed by atoms with E-state index in [1.54, 1.807) is 6.07 Å². The van der Waals surface area contributed by atoms with Gasteiger partial charge < -0.3 is 10.6 Å². The second-order valence-electron chi connectivity index (χ2n) is 7.39. The number of carbonyl (C=O) groups excluding carboxylic acids is 2. The summed E-state index contributed by atoms with van der Waals surface area (Å²) in [5, 5.41) is 5.30. The van der Waals surface area contributed by atoms with Gasteiger partial charge in [0.2, 0.25) is 5.91 Å². The molecule has 0 heterocycles. The molecule has 0 aliphatic heterocycles. The number of halogens is 2. The van der Waals surface area contributed by atoms with Crippen LogP contribution in [0.3, 0.4) is 0 Å². The van der Waals surface area contributed by atoms with Crippen LogP contribution in [0.5, 0.6) is 0 Å². The van der Waals surface area contributed by atoms with Crippen LogP contribution in [0.1, 0.15) is 21.2 Å². The molecule has 0 saturated carbocycles. The lowest BCUT2D eigenvalue weighted by Crippen LogP contribution is -2.19. The van der Waals surface area contributed by atoms with Crippen molar-refractivity contribution in [2.45, 2.75) is 10.1 Å². The molecule has 4 rings (SSSR count). The molecular weight excluding hydrogens is 515 g/mol. The summed E-state index contributed by atoms with van der Waals surface area (Å²) < 4.78 is 14.1. The zero-order chi connectivity index (χ0) is 23.9. The van der Waals surface area contributed by atoms with Gasteiger partial charge in [0.05, 0.1) is 0 Å². The van der Waals surface area contributed by atoms with Gasteiger partial charge in [-0.2, -0.15) is 0 Å². The number of rotatable bonds is 7. The second-order valence-corrected chi connectivity index (χ2v) is 9.49. The minimum absolute atomic E-state index is 0.153. The van der Waals surface area contributed by atoms with Crippen LogP contribution < -0.4 is 10.6 Å². The Balaban J connectivity index is 1.53. The normalized spacial score (nSPS) is 11.5. The molecule has 0 aromatic heterocycles. The third kappa shape index (κ3) is 6.34. The predicted molar refractivity (Wildman–Crippen MR) is 139 cm³/mol. The monoisotopic (exact) mass is 534 g/mol. The molecule has 34 heavy (non-hydrogen) atoms. The number of amides is 2. The number of hydrogen-bond donors (Lipinski definition) is 2. The molecule has 0 bridgehead atoms. The van der Waals surface area contributed by atoms with Crippen molar-refractivity contribution in [1.29, 1.82) is 0 Å². The van der Waals surface area contributed by atoms with E-state index in [2.05, 4.69) is 26.6 Å². The van der Waals surface area contributed by atoms with E-state index in [1.807, 2.05) is 72.8 Å². The van der Waals surface area contributed by atoms with Gasteiger partial charge in [0, 0.05) is 26.3 Å². The average Bonchev–Trinajstić information content (AvgIpc) is 2.85. The van der Waals surface area contributed by atoms with Gasteiger partial charge in [-0.25, -0.2) is 4.39 Å². The van der Waals surface area contributed by atoms with E-state index < -0.39 is 11.1 Å². The van der Waals surface area contributed by atoms with Crippen LogP contribution in [0.25, 0.3) is 0 Å². The largest absolute Gasteiger partial charge is 0.325 e. The summed E-state index contributed by atoms with van der Waals surface area (Å²) >= 11 is 4.79. The average molecular weight is 535 g/mol. The van der Waals surface area contributed by atoms with Crippen molar-refractivity contribution in [2.75, 3.05) is 10.6 Å². The molecule has 0 spiro atoms. The highest BCUT2D eigenvalue weighted by Gasteiger charge is 2.22. The first kappa shape index (κ1) is 23.7. The molecule has 4 nitrogen and oxygen atoms in total. The Morgan fingerprint density at radius 1 is 0.765 bits per heavy atom. The summed E-state index contributed by atoms with van der Waals surface area (Å²) in [5.41, 5.74) is 2.51. The zero-order valence-corrected chi connectivity index (χ0v) is 20.3. The number of nitrogens with one attached hydrogen (secondary N) is 2. The first-order valence-electron chi connectivity index (χ1n) is 10.4. The highest BCUT2D eigenvalue weighted by molar-refractivity contribution is 9.10. The lowest BCUT2D eigenvalue weighted by molar-refractivity contribution is -0.115. The minimum Gasteiger partial charge on any atom is -0.325 e. The molecule has 2 N–H and O–H groups in total. The highest BCUT2D eigenvalue weighted by atomic mass is 79.9. The third-order valence-electron chi connectivity index (χ3n) is 4.90. The quantitative estimate of drug-likeness (QED) is 0.244. The van der Waals surface area contributed by atoms with Gasteiger partial charge in [0.25, 0.3) is 5.91 Å². The van der Waals surface area contributed by atoms with E-state index in [9.17, 15) is 14.0 Å². The molecule has 0 fully saturated rings. The van der Waals surface area contributed by atoms with Gasteiger partial charge in [-0.1, -0.05) is 52.3 Å². The van der Waals surface area contributed by atoms with Crippen LogP contribution in [-0.2, 0) is 4.79 Å². The van der Waals surface area contributed by atoms with Crippen LogP contribution in [0, 0.1) is 5.82 Å². The molecule has 170 valence electrons. The molecule has 0 radical (unpaired) electrons. The number of anilines is 2. The van der Waals surface area contributed by atoms with Crippen molar-refractivity contribution in [3.8, 4) is 0 Å². The highest BCUT2D eigenvalue weighted by Crippen LogP contribution is 2.37. The standard InChI is InChI=1S/C27H20BrFN2O2S/c28-20-11-15-22(16-12-20)30-27(33)25(18-5-2-1-3-6-18)34-24-8-4-7-23(17-24)31-26(32)19-9-13-21(29)14-10-19/h1-17,25H,(H,30,33)(H,31,32). The number of hydrogen-bond acceptors (Lipinski definition) is 3. The van der Waals surface area contributed by atoms with Crippen molar-refractivity contribution >= 4 is 50.9 Å². The molecule has 1 unspecified atom stereocenters. The second kappa shape index (κ2) is 11.1. The van der Waals surface area contributed by atoms with Crippen molar-refractivity contribution < 1.29 is 14.0 Å². The molecule has 4 aromatic carbocycles. The zero-order valence-electron chi connectivity index (χ0n) is 17.9. The predicted octanol–water partition coefficient (Wildman–Crippen LogP) is 7.31. The van der Waals surface area contributed by atoms with E-state index in [4.69, 9.17) is 0 Å². The van der Waals surface area contributed by atoms with Gasteiger partial charge in [-0.05, 0) is 72.3 Å². The number of benzene rings is 4. The number of carbonyl (C=O) groups is 2. The van der Waals surface area contributed by atoms with Crippen molar-refractivity contribution in [3.63, 3.8) is 0 Å². The lowest BCUT2D eigenvalue weighted by Gasteiger charge is -2.18. The Labute approximate surface area is 209 Å². The van der Waals surface area contributed by atoms with Crippen molar-refractivity contribution in [1.82, 2.24) is 0 Å². The fourth-order valence-electron chi connectivity index (χ4n) is 3.23. The minimum atomic E-state index is -0.507. The maximum atomic E-state index is 13.2. The fourth-order valence-corrected chi connectivity index (χ4v) is 4.58. The Morgan fingerprint density at radius 2 is 1.47 bits per heavy atom. The molecule has 4 aromatic rings. The molecular formula is C27H20BrFN2O2S. The molecule has 7 heteroatoms. The smallest absolute Gasteiger partial charge is 0.255 e. The lowest BCUT2D eigenvalue weighted by atomic mass is 10.1. The topological polar surface area (TPSA) is 58.2 Å². The van der Waals surface area contributed by atoms with Crippen LogP contribution in [-0.4, -0.2) is 11.8 Å². The van der Waals surface area contributed by atoms with E-state index in [-0.39, 0.29) is 11.8 Å². The van der Waals surface area contributed by atoms with Crippen molar-refractivity contribution in [2.24, 2.45) is 0 Å². The summed E-state index contributed by atoms with van der Waals surface area (Å²) in [5.74, 6) is -0.891. The summed E-state index contributed by atoms with van der Waals surface area (Å²) in [6, 6.07) is 29.6. The van der Waals surface area contributed by atoms with Crippen LogP contribution in [0.4, 0.5) is 15.8 Å². The Morgan fingerprint density at radius 3 is 2.18 bits per heavy atom. The maximum absolute atomic E-state index is 13.2. The molecule has 2 amide bonds.